The van der Waals surface area contributed by atoms with Crippen LogP contribution in [-0.2, 0) is 19.9 Å². The first kappa shape index (κ1) is 13.3. The highest BCUT2D eigenvalue weighted by Crippen LogP contribution is 2.17. The Kier molecular flexibility index (Phi) is 4.53. The van der Waals surface area contributed by atoms with E-state index in [2.05, 4.69) is 21.0 Å². The van der Waals surface area contributed by atoms with Crippen LogP contribution in [-0.4, -0.2) is 15.1 Å². The van der Waals surface area contributed by atoms with Gasteiger partial charge in [-0.05, 0) is 42.0 Å². The molecule has 1 unspecified atom stereocenters. The van der Waals surface area contributed by atoms with Crippen molar-refractivity contribution < 1.29 is 4.39 Å². The average Bonchev–Trinajstić information content (AvgIpc) is 2.77. The van der Waals surface area contributed by atoms with Crippen LogP contribution in [0.1, 0.15) is 11.1 Å². The van der Waals surface area contributed by atoms with Gasteiger partial charge in [0.2, 0.25) is 0 Å². The van der Waals surface area contributed by atoms with Crippen LogP contribution >= 0.6 is 15.9 Å². The first-order valence-electron chi connectivity index (χ1n) is 5.95. The summed E-state index contributed by atoms with van der Waals surface area (Å²) in [6, 6.07) is 6.75. The summed E-state index contributed by atoms with van der Waals surface area (Å²) in [4.78, 5) is 0. The maximum atomic E-state index is 12.8. The standard InChI is InChI=1S/C14H16BrFN2/c1-18-10-13(9-17-18)7-12(8-15)6-11-2-4-14(16)5-3-11/h2-5,9-10,12H,6-8H2,1H3. The molecule has 96 valence electrons. The zero-order valence-electron chi connectivity index (χ0n) is 10.3. The normalized spacial score (nSPS) is 12.6. The summed E-state index contributed by atoms with van der Waals surface area (Å²) in [5.41, 5.74) is 2.41. The van der Waals surface area contributed by atoms with Crippen molar-refractivity contribution in [3.63, 3.8) is 0 Å². The highest BCUT2D eigenvalue weighted by atomic mass is 79.9. The molecule has 1 atom stereocenters. The summed E-state index contributed by atoms with van der Waals surface area (Å²) in [6.07, 6.45) is 5.87. The fourth-order valence-electron chi connectivity index (χ4n) is 2.05. The van der Waals surface area contributed by atoms with Crippen LogP contribution < -0.4 is 0 Å². The van der Waals surface area contributed by atoms with Crippen LogP contribution in [0.3, 0.4) is 0 Å². The number of rotatable bonds is 5. The van der Waals surface area contributed by atoms with Crippen LogP contribution in [0.4, 0.5) is 4.39 Å². The van der Waals surface area contributed by atoms with Gasteiger partial charge in [-0.2, -0.15) is 5.10 Å². The lowest BCUT2D eigenvalue weighted by molar-refractivity contribution is 0.587. The third-order valence-electron chi connectivity index (χ3n) is 2.94. The predicted octanol–water partition coefficient (Wildman–Crippen LogP) is 3.36. The minimum absolute atomic E-state index is 0.179. The van der Waals surface area contributed by atoms with Gasteiger partial charge in [0.1, 0.15) is 5.82 Å². The highest BCUT2D eigenvalue weighted by Gasteiger charge is 2.10. The summed E-state index contributed by atoms with van der Waals surface area (Å²) in [5, 5.41) is 5.10. The molecule has 1 aromatic carbocycles. The molecule has 0 aliphatic heterocycles. The minimum Gasteiger partial charge on any atom is -0.276 e. The van der Waals surface area contributed by atoms with Crippen molar-refractivity contribution in [2.75, 3.05) is 5.33 Å². The van der Waals surface area contributed by atoms with Gasteiger partial charge in [0.15, 0.2) is 0 Å². The minimum atomic E-state index is -0.179. The number of aromatic nitrogens is 2. The number of aryl methyl sites for hydroxylation is 1. The zero-order valence-corrected chi connectivity index (χ0v) is 11.9. The van der Waals surface area contributed by atoms with Crippen molar-refractivity contribution in [3.8, 4) is 0 Å². The Hall–Kier alpha value is -1.16. The fraction of sp³-hybridized carbons (Fsp3) is 0.357. The molecule has 0 fully saturated rings. The topological polar surface area (TPSA) is 17.8 Å². The second-order valence-corrected chi connectivity index (χ2v) is 5.22. The maximum Gasteiger partial charge on any atom is 0.123 e. The third-order valence-corrected chi connectivity index (χ3v) is 3.85. The third kappa shape index (κ3) is 3.67. The zero-order chi connectivity index (χ0) is 13.0. The van der Waals surface area contributed by atoms with E-state index in [1.54, 1.807) is 0 Å². The summed E-state index contributed by atoms with van der Waals surface area (Å²) in [6.45, 7) is 0. The van der Waals surface area contributed by atoms with Gasteiger partial charge in [0, 0.05) is 18.6 Å². The van der Waals surface area contributed by atoms with E-state index >= 15 is 0 Å². The molecular formula is C14H16BrFN2. The van der Waals surface area contributed by atoms with Crippen molar-refractivity contribution in [2.24, 2.45) is 13.0 Å². The molecule has 1 heterocycles. The van der Waals surface area contributed by atoms with E-state index in [0.717, 1.165) is 18.2 Å². The van der Waals surface area contributed by atoms with E-state index < -0.39 is 0 Å². The Labute approximate surface area is 115 Å². The van der Waals surface area contributed by atoms with Crippen molar-refractivity contribution in [2.45, 2.75) is 12.8 Å². The Morgan fingerprint density at radius 3 is 2.44 bits per heavy atom. The van der Waals surface area contributed by atoms with Gasteiger partial charge in [-0.25, -0.2) is 4.39 Å². The van der Waals surface area contributed by atoms with E-state index in [1.807, 2.05) is 36.3 Å². The van der Waals surface area contributed by atoms with Gasteiger partial charge in [-0.1, -0.05) is 28.1 Å². The molecule has 0 bridgehead atoms. The quantitative estimate of drug-likeness (QED) is 0.774. The van der Waals surface area contributed by atoms with Crippen molar-refractivity contribution in [1.29, 1.82) is 0 Å². The second-order valence-electron chi connectivity index (χ2n) is 4.58. The van der Waals surface area contributed by atoms with Gasteiger partial charge < -0.3 is 0 Å². The van der Waals surface area contributed by atoms with Crippen molar-refractivity contribution in [3.05, 3.63) is 53.6 Å². The summed E-state index contributed by atoms with van der Waals surface area (Å²) >= 11 is 3.55. The van der Waals surface area contributed by atoms with Crippen LogP contribution in [0.25, 0.3) is 0 Å². The van der Waals surface area contributed by atoms with E-state index in [4.69, 9.17) is 0 Å². The molecule has 2 aromatic rings. The van der Waals surface area contributed by atoms with E-state index in [0.29, 0.717) is 5.92 Å². The molecule has 18 heavy (non-hydrogen) atoms. The van der Waals surface area contributed by atoms with Crippen LogP contribution in [0.15, 0.2) is 36.7 Å². The monoisotopic (exact) mass is 310 g/mol. The van der Waals surface area contributed by atoms with Gasteiger partial charge in [-0.3, -0.25) is 4.68 Å². The Morgan fingerprint density at radius 1 is 1.22 bits per heavy atom. The smallest absolute Gasteiger partial charge is 0.123 e. The van der Waals surface area contributed by atoms with E-state index in [9.17, 15) is 4.39 Å². The van der Waals surface area contributed by atoms with E-state index in [1.165, 1.54) is 23.3 Å². The SMILES string of the molecule is Cn1cc(CC(CBr)Cc2ccc(F)cc2)cn1. The first-order valence-corrected chi connectivity index (χ1v) is 7.07. The number of nitrogens with zero attached hydrogens (tertiary/aromatic N) is 2. The second kappa shape index (κ2) is 6.14. The molecule has 0 radical (unpaired) electrons. The van der Waals surface area contributed by atoms with Gasteiger partial charge in [0.25, 0.3) is 0 Å². The Balaban J connectivity index is 1.99. The lowest BCUT2D eigenvalue weighted by Gasteiger charge is -2.12. The number of alkyl halides is 1. The number of hydrogen-bond donors (Lipinski definition) is 0. The molecule has 0 spiro atoms. The molecule has 4 heteroatoms. The van der Waals surface area contributed by atoms with Gasteiger partial charge >= 0.3 is 0 Å². The molecule has 0 aliphatic carbocycles. The van der Waals surface area contributed by atoms with Crippen LogP contribution in [0.5, 0.6) is 0 Å². The molecule has 0 saturated heterocycles. The molecule has 2 nitrogen and oxygen atoms in total. The number of halogens is 2. The molecular weight excluding hydrogens is 295 g/mol. The largest absolute Gasteiger partial charge is 0.276 e. The van der Waals surface area contributed by atoms with Crippen LogP contribution in [0, 0.1) is 11.7 Å². The molecule has 0 saturated carbocycles. The molecule has 1 aromatic heterocycles. The average molecular weight is 311 g/mol. The summed E-state index contributed by atoms with van der Waals surface area (Å²) in [7, 11) is 1.92. The lowest BCUT2D eigenvalue weighted by atomic mass is 9.95. The lowest BCUT2D eigenvalue weighted by Crippen LogP contribution is -2.09. The number of benzene rings is 1. The highest BCUT2D eigenvalue weighted by molar-refractivity contribution is 9.09. The fourth-order valence-corrected chi connectivity index (χ4v) is 2.50. The number of hydrogen-bond acceptors (Lipinski definition) is 1. The van der Waals surface area contributed by atoms with E-state index in [-0.39, 0.29) is 5.82 Å². The molecule has 0 N–H and O–H groups in total. The van der Waals surface area contributed by atoms with Gasteiger partial charge in [0.05, 0.1) is 6.20 Å². The first-order chi connectivity index (χ1) is 8.67. The summed E-state index contributed by atoms with van der Waals surface area (Å²) < 4.78 is 14.7. The molecule has 0 aliphatic rings. The maximum absolute atomic E-state index is 12.8. The predicted molar refractivity (Wildman–Crippen MR) is 74.3 cm³/mol. The van der Waals surface area contributed by atoms with Crippen LogP contribution in [0.2, 0.25) is 0 Å². The summed E-state index contributed by atoms with van der Waals surface area (Å²) in [5.74, 6) is 0.320. The Morgan fingerprint density at radius 2 is 1.89 bits per heavy atom. The van der Waals surface area contributed by atoms with Gasteiger partial charge in [-0.15, -0.1) is 0 Å². The van der Waals surface area contributed by atoms with Crippen molar-refractivity contribution >= 4 is 15.9 Å². The van der Waals surface area contributed by atoms with Crippen molar-refractivity contribution in [1.82, 2.24) is 9.78 Å². The molecule has 0 amide bonds. The molecule has 2 rings (SSSR count). The Bertz CT molecular complexity index is 493.